The highest BCUT2D eigenvalue weighted by molar-refractivity contribution is 7.17. The van der Waals surface area contributed by atoms with Gasteiger partial charge in [0.25, 0.3) is 0 Å². The van der Waals surface area contributed by atoms with E-state index in [2.05, 4.69) is 5.10 Å². The molecule has 0 atom stereocenters. The summed E-state index contributed by atoms with van der Waals surface area (Å²) in [4.78, 5) is 11.9. The van der Waals surface area contributed by atoms with Gasteiger partial charge in [0.05, 0.1) is 4.88 Å². The lowest BCUT2D eigenvalue weighted by atomic mass is 10.3. The van der Waals surface area contributed by atoms with Crippen LogP contribution in [-0.2, 0) is 7.05 Å². The molecule has 0 aliphatic heterocycles. The number of carbonyl (C=O) groups is 1. The molecular weight excluding hydrogens is 200 g/mol. The smallest absolute Gasteiger partial charge is 0.345 e. The lowest BCUT2D eigenvalue weighted by molar-refractivity contribution is 0.0702. The van der Waals surface area contributed by atoms with Gasteiger partial charge in [-0.25, -0.2) is 4.79 Å². The maximum atomic E-state index is 10.6. The molecule has 72 valence electrons. The summed E-state index contributed by atoms with van der Waals surface area (Å²) in [5.74, 6) is -0.891. The molecule has 0 fully saturated rings. The van der Waals surface area contributed by atoms with Gasteiger partial charge in [-0.05, 0) is 18.2 Å². The van der Waals surface area contributed by atoms with E-state index >= 15 is 0 Å². The highest BCUT2D eigenvalue weighted by Gasteiger charge is 2.09. The van der Waals surface area contributed by atoms with Crippen molar-refractivity contribution in [3.05, 3.63) is 29.3 Å². The van der Waals surface area contributed by atoms with Gasteiger partial charge in [0.15, 0.2) is 0 Å². The number of rotatable bonds is 2. The van der Waals surface area contributed by atoms with Crippen molar-refractivity contribution in [3.63, 3.8) is 0 Å². The second kappa shape index (κ2) is 3.26. The van der Waals surface area contributed by atoms with Crippen LogP contribution in [0, 0.1) is 0 Å². The van der Waals surface area contributed by atoms with Crippen LogP contribution in [0.25, 0.3) is 10.6 Å². The quantitative estimate of drug-likeness (QED) is 0.819. The van der Waals surface area contributed by atoms with Gasteiger partial charge in [-0.3, -0.25) is 4.68 Å². The first-order valence-corrected chi connectivity index (χ1v) is 4.81. The number of nitrogens with zero attached hydrogens (tertiary/aromatic N) is 2. The van der Waals surface area contributed by atoms with E-state index in [4.69, 9.17) is 5.11 Å². The average Bonchev–Trinajstić information content (AvgIpc) is 2.70. The predicted molar refractivity (Wildman–Crippen MR) is 53.5 cm³/mol. The summed E-state index contributed by atoms with van der Waals surface area (Å²) < 4.78 is 1.69. The number of carboxylic acid groups (broad SMARTS) is 1. The molecule has 0 aromatic carbocycles. The molecule has 4 nitrogen and oxygen atoms in total. The Morgan fingerprint density at radius 1 is 1.50 bits per heavy atom. The number of carboxylic acids is 1. The monoisotopic (exact) mass is 208 g/mol. The van der Waals surface area contributed by atoms with Crippen molar-refractivity contribution in [1.29, 1.82) is 0 Å². The molecule has 2 aromatic heterocycles. The Morgan fingerprint density at radius 3 is 2.79 bits per heavy atom. The lowest BCUT2D eigenvalue weighted by Crippen LogP contribution is -1.89. The average molecular weight is 208 g/mol. The molecule has 0 aliphatic carbocycles. The normalized spacial score (nSPS) is 10.4. The summed E-state index contributed by atoms with van der Waals surface area (Å²) >= 11 is 1.23. The van der Waals surface area contributed by atoms with Crippen molar-refractivity contribution in [1.82, 2.24) is 9.78 Å². The molecule has 0 amide bonds. The second-order valence-corrected chi connectivity index (χ2v) is 3.93. The van der Waals surface area contributed by atoms with Crippen molar-refractivity contribution >= 4 is 17.3 Å². The van der Waals surface area contributed by atoms with E-state index in [-0.39, 0.29) is 0 Å². The fourth-order valence-electron chi connectivity index (χ4n) is 1.14. The van der Waals surface area contributed by atoms with Crippen LogP contribution >= 0.6 is 11.3 Å². The number of aromatic carboxylic acids is 1. The van der Waals surface area contributed by atoms with Crippen molar-refractivity contribution in [3.8, 4) is 10.6 Å². The molecule has 1 N–H and O–H groups in total. The van der Waals surface area contributed by atoms with Crippen molar-refractivity contribution in [2.75, 3.05) is 0 Å². The third-order valence-electron chi connectivity index (χ3n) is 1.78. The third kappa shape index (κ3) is 1.54. The zero-order valence-corrected chi connectivity index (χ0v) is 8.28. The van der Waals surface area contributed by atoms with E-state index in [0.717, 1.165) is 10.6 Å². The summed E-state index contributed by atoms with van der Waals surface area (Å²) in [6.07, 6.45) is 1.83. The van der Waals surface area contributed by atoms with Gasteiger partial charge < -0.3 is 5.11 Å². The predicted octanol–water partition coefficient (Wildman–Crippen LogP) is 1.85. The first-order chi connectivity index (χ1) is 6.66. The number of aromatic nitrogens is 2. The van der Waals surface area contributed by atoms with E-state index in [1.165, 1.54) is 11.3 Å². The van der Waals surface area contributed by atoms with Gasteiger partial charge >= 0.3 is 5.97 Å². The van der Waals surface area contributed by atoms with Crippen LogP contribution in [0.2, 0.25) is 0 Å². The first kappa shape index (κ1) is 8.96. The fourth-order valence-corrected chi connectivity index (χ4v) is 1.95. The van der Waals surface area contributed by atoms with E-state index in [1.54, 1.807) is 16.8 Å². The SMILES string of the molecule is Cn1ccc(-c2ccc(C(=O)O)s2)n1. The summed E-state index contributed by atoms with van der Waals surface area (Å²) in [5.41, 5.74) is 0.810. The number of aryl methyl sites for hydroxylation is 1. The molecule has 5 heteroatoms. The summed E-state index contributed by atoms with van der Waals surface area (Å²) in [6, 6.07) is 5.23. The van der Waals surface area contributed by atoms with E-state index < -0.39 is 5.97 Å². The van der Waals surface area contributed by atoms with Crippen LogP contribution in [0.15, 0.2) is 24.4 Å². The molecule has 2 rings (SSSR count). The lowest BCUT2D eigenvalue weighted by Gasteiger charge is -1.88. The van der Waals surface area contributed by atoms with Crippen molar-refractivity contribution < 1.29 is 9.90 Å². The van der Waals surface area contributed by atoms with Crippen molar-refractivity contribution in [2.24, 2.45) is 7.05 Å². The Bertz CT molecular complexity index is 473. The topological polar surface area (TPSA) is 55.1 Å². The molecule has 0 aliphatic rings. The molecule has 2 aromatic rings. The first-order valence-electron chi connectivity index (χ1n) is 4.00. The Hall–Kier alpha value is -1.62. The Morgan fingerprint density at radius 2 is 2.29 bits per heavy atom. The van der Waals surface area contributed by atoms with Gasteiger partial charge in [0.1, 0.15) is 10.6 Å². The molecule has 0 bridgehead atoms. The van der Waals surface area contributed by atoms with Gasteiger partial charge in [-0.1, -0.05) is 0 Å². The largest absolute Gasteiger partial charge is 0.477 e. The van der Waals surface area contributed by atoms with E-state index in [9.17, 15) is 4.79 Å². The highest BCUT2D eigenvalue weighted by Crippen LogP contribution is 2.26. The zero-order chi connectivity index (χ0) is 10.1. The van der Waals surface area contributed by atoms with Gasteiger partial charge in [-0.2, -0.15) is 5.10 Å². The highest BCUT2D eigenvalue weighted by atomic mass is 32.1. The number of hydrogen-bond donors (Lipinski definition) is 1. The number of thiophene rings is 1. The van der Waals surface area contributed by atoms with Crippen LogP contribution in [0.1, 0.15) is 9.67 Å². The van der Waals surface area contributed by atoms with Crippen LogP contribution in [0.3, 0.4) is 0 Å². The number of hydrogen-bond acceptors (Lipinski definition) is 3. The fraction of sp³-hybridized carbons (Fsp3) is 0.111. The maximum absolute atomic E-state index is 10.6. The molecule has 0 radical (unpaired) electrons. The molecule has 0 unspecified atom stereocenters. The minimum absolute atomic E-state index is 0.339. The third-order valence-corrected chi connectivity index (χ3v) is 2.88. The summed E-state index contributed by atoms with van der Waals surface area (Å²) in [5, 5.41) is 12.9. The van der Waals surface area contributed by atoms with Crippen LogP contribution < -0.4 is 0 Å². The molecule has 0 saturated carbocycles. The van der Waals surface area contributed by atoms with Crippen LogP contribution in [-0.4, -0.2) is 20.9 Å². The Labute approximate surface area is 84.4 Å². The second-order valence-electron chi connectivity index (χ2n) is 2.84. The minimum atomic E-state index is -0.891. The zero-order valence-electron chi connectivity index (χ0n) is 7.47. The van der Waals surface area contributed by atoms with Gasteiger partial charge in [-0.15, -0.1) is 11.3 Å². The van der Waals surface area contributed by atoms with E-state index in [1.807, 2.05) is 19.3 Å². The standard InChI is InChI=1S/C9H8N2O2S/c1-11-5-4-6(10-11)7-2-3-8(14-7)9(12)13/h2-5H,1H3,(H,12,13). The molecule has 14 heavy (non-hydrogen) atoms. The molecule has 2 heterocycles. The molecular formula is C9H8N2O2S. The minimum Gasteiger partial charge on any atom is -0.477 e. The van der Waals surface area contributed by atoms with Gasteiger partial charge in [0.2, 0.25) is 0 Å². The van der Waals surface area contributed by atoms with E-state index in [0.29, 0.717) is 4.88 Å². The van der Waals surface area contributed by atoms with Crippen LogP contribution in [0.5, 0.6) is 0 Å². The van der Waals surface area contributed by atoms with Crippen molar-refractivity contribution in [2.45, 2.75) is 0 Å². The molecule has 0 saturated heterocycles. The Balaban J connectivity index is 2.38. The van der Waals surface area contributed by atoms with Gasteiger partial charge in [0, 0.05) is 13.2 Å². The Kier molecular flexibility index (Phi) is 2.09. The summed E-state index contributed by atoms with van der Waals surface area (Å²) in [7, 11) is 1.83. The summed E-state index contributed by atoms with van der Waals surface area (Å²) in [6.45, 7) is 0. The van der Waals surface area contributed by atoms with Crippen LogP contribution in [0.4, 0.5) is 0 Å². The maximum Gasteiger partial charge on any atom is 0.345 e. The molecule has 0 spiro atoms.